The van der Waals surface area contributed by atoms with Crippen molar-refractivity contribution in [2.24, 2.45) is 0 Å². The second kappa shape index (κ2) is 3.52. The fraction of sp³-hybridized carbons (Fsp3) is 0.100. The Hall–Kier alpha value is -1.18. The van der Waals surface area contributed by atoms with Crippen molar-refractivity contribution in [3.05, 3.63) is 23.1 Å². The summed E-state index contributed by atoms with van der Waals surface area (Å²) >= 11 is 5.92. The molecule has 14 heavy (non-hydrogen) atoms. The van der Waals surface area contributed by atoms with E-state index in [0.29, 0.717) is 6.42 Å². The van der Waals surface area contributed by atoms with Crippen molar-refractivity contribution in [3.63, 3.8) is 0 Å². The largest absolute Gasteiger partial charge is 0.398 e. The number of nitrogen functional groups attached to an aromatic ring is 1. The van der Waals surface area contributed by atoms with Crippen LogP contribution in [0.15, 0.2) is 22.4 Å². The van der Waals surface area contributed by atoms with Crippen molar-refractivity contribution in [1.29, 1.82) is 5.26 Å². The lowest BCUT2D eigenvalue weighted by Gasteiger charge is -2.01. The third-order valence-corrected chi connectivity index (χ3v) is 3.64. The summed E-state index contributed by atoms with van der Waals surface area (Å²) in [7, 11) is 0. The fourth-order valence-electron chi connectivity index (χ4n) is 1.46. The van der Waals surface area contributed by atoms with Gasteiger partial charge in [0.25, 0.3) is 0 Å². The molecule has 0 saturated heterocycles. The fourth-order valence-corrected chi connectivity index (χ4v) is 2.72. The molecule has 0 aliphatic rings. The van der Waals surface area contributed by atoms with E-state index in [2.05, 4.69) is 18.7 Å². The average molecular weight is 220 g/mol. The summed E-state index contributed by atoms with van der Waals surface area (Å²) in [5.41, 5.74) is 7.57. The Morgan fingerprint density at radius 1 is 1.50 bits per heavy atom. The van der Waals surface area contributed by atoms with Crippen LogP contribution in [-0.2, 0) is 6.42 Å². The van der Waals surface area contributed by atoms with Crippen molar-refractivity contribution >= 4 is 39.7 Å². The van der Waals surface area contributed by atoms with E-state index in [1.807, 2.05) is 17.5 Å². The molecule has 0 radical (unpaired) electrons. The number of fused-ring (bicyclic) bond motifs is 1. The molecule has 0 atom stereocenters. The Bertz CT molecular complexity index is 523. The van der Waals surface area contributed by atoms with Crippen LogP contribution >= 0.6 is 24.0 Å². The van der Waals surface area contributed by atoms with E-state index >= 15 is 0 Å². The number of thiol groups is 1. The maximum Gasteiger partial charge on any atom is 0.0669 e. The molecule has 2 rings (SSSR count). The van der Waals surface area contributed by atoms with Gasteiger partial charge in [0, 0.05) is 15.7 Å². The highest BCUT2D eigenvalue weighted by molar-refractivity contribution is 7.80. The topological polar surface area (TPSA) is 49.8 Å². The third-order valence-electron chi connectivity index (χ3n) is 2.09. The van der Waals surface area contributed by atoms with Gasteiger partial charge < -0.3 is 5.73 Å². The molecule has 2 N–H and O–H groups in total. The molecule has 0 bridgehead atoms. The van der Waals surface area contributed by atoms with Crippen molar-refractivity contribution in [2.75, 3.05) is 5.73 Å². The first-order chi connectivity index (χ1) is 6.74. The first-order valence-electron chi connectivity index (χ1n) is 4.08. The Morgan fingerprint density at radius 2 is 2.29 bits per heavy atom. The smallest absolute Gasteiger partial charge is 0.0669 e. The van der Waals surface area contributed by atoms with Gasteiger partial charge in [0.2, 0.25) is 0 Å². The first kappa shape index (κ1) is 9.38. The van der Waals surface area contributed by atoms with E-state index in [4.69, 9.17) is 11.0 Å². The number of nitrogens with two attached hydrogens (primary N) is 1. The molecule has 0 aliphatic carbocycles. The normalized spacial score (nSPS) is 10.3. The van der Waals surface area contributed by atoms with Crippen LogP contribution in [0.1, 0.15) is 5.56 Å². The van der Waals surface area contributed by atoms with E-state index in [9.17, 15) is 0 Å². The van der Waals surface area contributed by atoms with Gasteiger partial charge in [-0.25, -0.2) is 0 Å². The maximum atomic E-state index is 8.67. The van der Waals surface area contributed by atoms with Gasteiger partial charge in [-0.3, -0.25) is 0 Å². The lowest BCUT2D eigenvalue weighted by Crippen LogP contribution is -1.87. The van der Waals surface area contributed by atoms with Crippen molar-refractivity contribution in [1.82, 2.24) is 0 Å². The Morgan fingerprint density at radius 3 is 3.00 bits per heavy atom. The van der Waals surface area contributed by atoms with E-state index in [0.717, 1.165) is 26.2 Å². The quantitative estimate of drug-likeness (QED) is 0.726. The van der Waals surface area contributed by atoms with Crippen LogP contribution in [-0.4, -0.2) is 0 Å². The zero-order valence-electron chi connectivity index (χ0n) is 7.32. The lowest BCUT2D eigenvalue weighted by molar-refractivity contribution is 1.28. The maximum absolute atomic E-state index is 8.67. The van der Waals surface area contributed by atoms with Gasteiger partial charge in [-0.15, -0.1) is 24.0 Å². The molecule has 1 heterocycles. The van der Waals surface area contributed by atoms with Crippen molar-refractivity contribution < 1.29 is 0 Å². The van der Waals surface area contributed by atoms with E-state index in [1.54, 1.807) is 11.3 Å². The van der Waals surface area contributed by atoms with Crippen LogP contribution in [0.3, 0.4) is 0 Å². The van der Waals surface area contributed by atoms with Gasteiger partial charge in [0.15, 0.2) is 0 Å². The standard InChI is InChI=1S/C10H8N2S2/c11-4-3-6-1-2-8(13)10-9(6)7(12)5-14-10/h1-2,5,13H,3,12H2. The van der Waals surface area contributed by atoms with E-state index < -0.39 is 0 Å². The molecule has 2 aromatic rings. The van der Waals surface area contributed by atoms with Gasteiger partial charge in [0.1, 0.15) is 0 Å². The molecular formula is C10H8N2S2. The monoisotopic (exact) mass is 220 g/mol. The summed E-state index contributed by atoms with van der Waals surface area (Å²) in [5.74, 6) is 0. The van der Waals surface area contributed by atoms with Gasteiger partial charge >= 0.3 is 0 Å². The van der Waals surface area contributed by atoms with Gasteiger partial charge in [-0.05, 0) is 11.6 Å². The van der Waals surface area contributed by atoms with Crippen LogP contribution in [0.5, 0.6) is 0 Å². The zero-order chi connectivity index (χ0) is 10.1. The zero-order valence-corrected chi connectivity index (χ0v) is 9.03. The highest BCUT2D eigenvalue weighted by atomic mass is 32.1. The molecule has 0 saturated carbocycles. The molecule has 0 aliphatic heterocycles. The summed E-state index contributed by atoms with van der Waals surface area (Å²) in [4.78, 5) is 0.920. The Labute approximate surface area is 91.4 Å². The predicted octanol–water partition coefficient (Wildman–Crippen LogP) is 2.84. The molecule has 70 valence electrons. The molecule has 0 fully saturated rings. The highest BCUT2D eigenvalue weighted by Crippen LogP contribution is 2.35. The minimum atomic E-state index is 0.394. The van der Waals surface area contributed by atoms with Crippen LogP contribution in [0.2, 0.25) is 0 Å². The number of nitrogens with zero attached hydrogens (tertiary/aromatic N) is 1. The first-order valence-corrected chi connectivity index (χ1v) is 5.41. The lowest BCUT2D eigenvalue weighted by atomic mass is 10.1. The van der Waals surface area contributed by atoms with Gasteiger partial charge in [0.05, 0.1) is 22.9 Å². The number of anilines is 1. The molecule has 1 aromatic heterocycles. The minimum Gasteiger partial charge on any atom is -0.398 e. The summed E-state index contributed by atoms with van der Waals surface area (Å²) in [6.45, 7) is 0. The third kappa shape index (κ3) is 1.35. The molecule has 0 unspecified atom stereocenters. The van der Waals surface area contributed by atoms with Crippen LogP contribution in [0.25, 0.3) is 10.1 Å². The molecule has 2 nitrogen and oxygen atoms in total. The van der Waals surface area contributed by atoms with Crippen molar-refractivity contribution in [2.45, 2.75) is 11.3 Å². The number of benzene rings is 1. The molecular weight excluding hydrogens is 212 g/mol. The summed E-state index contributed by atoms with van der Waals surface area (Å²) in [6.07, 6.45) is 0.394. The van der Waals surface area contributed by atoms with Gasteiger partial charge in [-0.1, -0.05) is 6.07 Å². The van der Waals surface area contributed by atoms with Crippen LogP contribution in [0, 0.1) is 11.3 Å². The van der Waals surface area contributed by atoms with Crippen molar-refractivity contribution in [3.8, 4) is 6.07 Å². The second-order valence-corrected chi connectivity index (χ2v) is 4.34. The SMILES string of the molecule is N#CCc1ccc(S)c2scc(N)c12. The predicted molar refractivity (Wildman–Crippen MR) is 62.8 cm³/mol. The summed E-state index contributed by atoms with van der Waals surface area (Å²) in [5, 5.41) is 11.6. The number of thiophene rings is 1. The Kier molecular flexibility index (Phi) is 2.36. The Balaban J connectivity index is 2.80. The molecule has 0 amide bonds. The molecule has 4 heteroatoms. The summed E-state index contributed by atoms with van der Waals surface area (Å²) < 4.78 is 1.07. The number of hydrogen-bond acceptors (Lipinski definition) is 4. The summed E-state index contributed by atoms with van der Waals surface area (Å²) in [6, 6.07) is 5.96. The second-order valence-electron chi connectivity index (χ2n) is 2.97. The van der Waals surface area contributed by atoms with Gasteiger partial charge in [-0.2, -0.15) is 5.26 Å². The number of rotatable bonds is 1. The minimum absolute atomic E-state index is 0.394. The van der Waals surface area contributed by atoms with E-state index in [-0.39, 0.29) is 0 Å². The highest BCUT2D eigenvalue weighted by Gasteiger charge is 2.08. The van der Waals surface area contributed by atoms with E-state index in [1.165, 1.54) is 0 Å². The average Bonchev–Trinajstić information content (AvgIpc) is 2.55. The number of nitriles is 1. The van der Waals surface area contributed by atoms with Crippen LogP contribution < -0.4 is 5.73 Å². The molecule has 0 spiro atoms. The van der Waals surface area contributed by atoms with Crippen LogP contribution in [0.4, 0.5) is 5.69 Å². The number of hydrogen-bond donors (Lipinski definition) is 2. The molecule has 1 aromatic carbocycles.